The van der Waals surface area contributed by atoms with Crippen LogP contribution in [0.3, 0.4) is 0 Å². The summed E-state index contributed by atoms with van der Waals surface area (Å²) in [6.07, 6.45) is 0. The van der Waals surface area contributed by atoms with Gasteiger partial charge in [0.1, 0.15) is 0 Å². The molecule has 0 bridgehead atoms. The highest BCUT2D eigenvalue weighted by Crippen LogP contribution is 2.22. The second-order valence-electron chi connectivity index (χ2n) is 4.03. The van der Waals surface area contributed by atoms with Crippen molar-refractivity contribution in [3.63, 3.8) is 0 Å². The van der Waals surface area contributed by atoms with Gasteiger partial charge in [-0.25, -0.2) is 0 Å². The predicted molar refractivity (Wildman–Crippen MR) is 72.3 cm³/mol. The summed E-state index contributed by atoms with van der Waals surface area (Å²) in [5.74, 6) is 0. The number of pyridine rings is 1. The van der Waals surface area contributed by atoms with E-state index in [0.29, 0.717) is 16.5 Å². The van der Waals surface area contributed by atoms with Crippen LogP contribution in [0.15, 0.2) is 47.3 Å². The van der Waals surface area contributed by atoms with Crippen molar-refractivity contribution in [2.75, 3.05) is 0 Å². The zero-order chi connectivity index (χ0) is 12.7. The molecule has 0 aliphatic rings. The number of H-pyrrole nitrogens is 1. The fourth-order valence-electron chi connectivity index (χ4n) is 2.11. The van der Waals surface area contributed by atoms with Gasteiger partial charge in [0.15, 0.2) is 0 Å². The third kappa shape index (κ3) is 1.60. The maximum absolute atomic E-state index is 11.9. The number of hydrogen-bond acceptors (Lipinski definition) is 2. The van der Waals surface area contributed by atoms with Gasteiger partial charge < -0.3 is 4.98 Å². The van der Waals surface area contributed by atoms with Crippen molar-refractivity contribution < 1.29 is 4.79 Å². The van der Waals surface area contributed by atoms with Gasteiger partial charge in [0.2, 0.25) is 0 Å². The van der Waals surface area contributed by atoms with Crippen LogP contribution >= 0.6 is 11.6 Å². The number of carbonyl (C=O) groups is 1. The number of halogens is 1. The Morgan fingerprint density at radius 2 is 1.72 bits per heavy atom. The van der Waals surface area contributed by atoms with Crippen molar-refractivity contribution in [1.82, 2.24) is 4.98 Å². The minimum atomic E-state index is -0.536. The molecule has 0 amide bonds. The highest BCUT2D eigenvalue weighted by molar-refractivity contribution is 6.67. The van der Waals surface area contributed by atoms with Crippen LogP contribution in [0.5, 0.6) is 0 Å². The van der Waals surface area contributed by atoms with Crippen molar-refractivity contribution >= 4 is 38.5 Å². The Morgan fingerprint density at radius 1 is 1.00 bits per heavy atom. The molecule has 0 fully saturated rings. The fraction of sp³-hybridized carbons (Fsp3) is 0. The van der Waals surface area contributed by atoms with E-state index in [1.54, 1.807) is 24.3 Å². The molecule has 0 aliphatic carbocycles. The number of nitrogens with one attached hydrogen (secondary N) is 1. The average molecular weight is 258 g/mol. The molecule has 1 heterocycles. The van der Waals surface area contributed by atoms with Gasteiger partial charge in [-0.15, -0.1) is 0 Å². The third-order valence-electron chi connectivity index (χ3n) is 2.96. The van der Waals surface area contributed by atoms with E-state index in [1.807, 2.05) is 18.2 Å². The number of aromatic amines is 1. The molecular formula is C14H8ClNO2. The Kier molecular flexibility index (Phi) is 2.42. The smallest absolute Gasteiger partial charge is 0.256 e. The molecule has 88 valence electrons. The van der Waals surface area contributed by atoms with E-state index in [2.05, 4.69) is 4.98 Å². The Bertz CT molecular complexity index is 836. The van der Waals surface area contributed by atoms with E-state index in [1.165, 1.54) is 0 Å². The van der Waals surface area contributed by atoms with E-state index in [4.69, 9.17) is 11.6 Å². The minimum Gasteiger partial charge on any atom is -0.321 e. The monoisotopic (exact) mass is 257 g/mol. The Morgan fingerprint density at radius 3 is 2.44 bits per heavy atom. The first kappa shape index (κ1) is 11.0. The lowest BCUT2D eigenvalue weighted by atomic mass is 10.1. The van der Waals surface area contributed by atoms with E-state index in [9.17, 15) is 9.59 Å². The molecule has 4 heteroatoms. The van der Waals surface area contributed by atoms with Crippen LogP contribution in [0.1, 0.15) is 10.4 Å². The lowest BCUT2D eigenvalue weighted by molar-refractivity contribution is 0.108. The molecule has 0 spiro atoms. The molecule has 0 atom stereocenters. The topological polar surface area (TPSA) is 49.9 Å². The molecule has 18 heavy (non-hydrogen) atoms. The first-order valence-electron chi connectivity index (χ1n) is 5.41. The van der Waals surface area contributed by atoms with Gasteiger partial charge in [-0.2, -0.15) is 0 Å². The lowest BCUT2D eigenvalue weighted by Crippen LogP contribution is -2.06. The van der Waals surface area contributed by atoms with E-state index in [0.717, 1.165) is 10.8 Å². The van der Waals surface area contributed by atoms with E-state index in [-0.39, 0.29) is 5.56 Å². The standard InChI is InChI=1S/C14H8ClNO2/c15-13(17)8-5-6-10-9-3-1-2-4-11(9)14(18)16-12(10)7-8/h1-7H,(H,16,18). The molecule has 0 unspecified atom stereocenters. The Labute approximate surface area is 107 Å². The summed E-state index contributed by atoms with van der Waals surface area (Å²) in [5, 5.41) is 1.86. The molecule has 0 radical (unpaired) electrons. The minimum absolute atomic E-state index is 0.169. The SMILES string of the molecule is O=C(Cl)c1ccc2c(c1)[nH]c(=O)c1ccccc12. The number of fused-ring (bicyclic) bond motifs is 3. The predicted octanol–water partition coefficient (Wildman–Crippen LogP) is 3.06. The number of hydrogen-bond donors (Lipinski definition) is 1. The number of benzene rings is 2. The molecule has 1 N–H and O–H groups in total. The van der Waals surface area contributed by atoms with Crippen LogP contribution in [0, 0.1) is 0 Å². The summed E-state index contributed by atoms with van der Waals surface area (Å²) in [7, 11) is 0. The van der Waals surface area contributed by atoms with E-state index >= 15 is 0 Å². The lowest BCUT2D eigenvalue weighted by Gasteiger charge is -2.04. The van der Waals surface area contributed by atoms with Crippen molar-refractivity contribution in [1.29, 1.82) is 0 Å². The molecule has 1 aromatic heterocycles. The normalized spacial score (nSPS) is 10.9. The molecule has 3 rings (SSSR count). The summed E-state index contributed by atoms with van der Waals surface area (Å²) in [5.41, 5.74) is 0.817. The van der Waals surface area contributed by atoms with Crippen LogP contribution < -0.4 is 5.56 Å². The largest absolute Gasteiger partial charge is 0.321 e. The van der Waals surface area contributed by atoms with Gasteiger partial charge in [-0.05, 0) is 35.2 Å². The quantitative estimate of drug-likeness (QED) is 0.538. The third-order valence-corrected chi connectivity index (χ3v) is 3.17. The summed E-state index contributed by atoms with van der Waals surface area (Å²) in [6, 6.07) is 12.4. The van der Waals surface area contributed by atoms with Gasteiger partial charge >= 0.3 is 0 Å². The van der Waals surface area contributed by atoms with Gasteiger partial charge in [0.25, 0.3) is 10.8 Å². The maximum atomic E-state index is 11.9. The van der Waals surface area contributed by atoms with Crippen molar-refractivity contribution in [2.24, 2.45) is 0 Å². The van der Waals surface area contributed by atoms with Gasteiger partial charge in [0.05, 0.1) is 0 Å². The number of rotatable bonds is 1. The van der Waals surface area contributed by atoms with Gasteiger partial charge in [-0.3, -0.25) is 9.59 Å². The zero-order valence-electron chi connectivity index (χ0n) is 9.24. The second kappa shape index (κ2) is 3.96. The van der Waals surface area contributed by atoms with Crippen LogP contribution in [-0.4, -0.2) is 10.2 Å². The Hall–Kier alpha value is -2.13. The zero-order valence-corrected chi connectivity index (χ0v) is 9.99. The van der Waals surface area contributed by atoms with Crippen molar-refractivity contribution in [2.45, 2.75) is 0 Å². The first-order chi connectivity index (χ1) is 8.66. The van der Waals surface area contributed by atoms with E-state index < -0.39 is 5.24 Å². The molecule has 2 aromatic carbocycles. The molecule has 3 aromatic rings. The molecular weight excluding hydrogens is 250 g/mol. The van der Waals surface area contributed by atoms with Gasteiger partial charge in [0, 0.05) is 21.9 Å². The summed E-state index contributed by atoms with van der Waals surface area (Å²) in [4.78, 5) is 25.8. The second-order valence-corrected chi connectivity index (χ2v) is 4.38. The summed E-state index contributed by atoms with van der Waals surface area (Å²) in [6.45, 7) is 0. The highest BCUT2D eigenvalue weighted by Gasteiger charge is 2.07. The van der Waals surface area contributed by atoms with Crippen molar-refractivity contribution in [3.8, 4) is 0 Å². The van der Waals surface area contributed by atoms with Gasteiger partial charge in [-0.1, -0.05) is 24.3 Å². The molecule has 0 aliphatic heterocycles. The molecule has 0 saturated heterocycles. The number of aromatic nitrogens is 1. The summed E-state index contributed by atoms with van der Waals surface area (Å²) < 4.78 is 0. The van der Waals surface area contributed by atoms with Crippen LogP contribution in [0.25, 0.3) is 21.7 Å². The average Bonchev–Trinajstić information content (AvgIpc) is 2.38. The maximum Gasteiger partial charge on any atom is 0.256 e. The van der Waals surface area contributed by atoms with Crippen LogP contribution in [0.4, 0.5) is 0 Å². The van der Waals surface area contributed by atoms with Crippen LogP contribution in [-0.2, 0) is 0 Å². The summed E-state index contributed by atoms with van der Waals surface area (Å²) >= 11 is 5.43. The van der Waals surface area contributed by atoms with Crippen LogP contribution in [0.2, 0.25) is 0 Å². The molecule has 0 saturated carbocycles. The highest BCUT2D eigenvalue weighted by atomic mass is 35.5. The molecule has 3 nitrogen and oxygen atoms in total. The first-order valence-corrected chi connectivity index (χ1v) is 5.79. The fourth-order valence-corrected chi connectivity index (χ4v) is 2.23. The Balaban J connectivity index is 2.50. The number of carbonyl (C=O) groups excluding carboxylic acids is 1. The van der Waals surface area contributed by atoms with Crippen molar-refractivity contribution in [3.05, 3.63) is 58.4 Å².